The van der Waals surface area contributed by atoms with Gasteiger partial charge in [-0.25, -0.2) is 0 Å². The summed E-state index contributed by atoms with van der Waals surface area (Å²) < 4.78 is 5.09. The molecule has 0 rings (SSSR count). The van der Waals surface area contributed by atoms with Crippen molar-refractivity contribution >= 4 is 23.1 Å². The van der Waals surface area contributed by atoms with E-state index in [0.717, 1.165) is 6.42 Å². The van der Waals surface area contributed by atoms with Crippen LogP contribution in [0.1, 0.15) is 33.1 Å². The van der Waals surface area contributed by atoms with Crippen LogP contribution in [0.2, 0.25) is 0 Å². The lowest BCUT2D eigenvalue weighted by Gasteiger charge is -2.15. The first-order valence-corrected chi connectivity index (χ1v) is 5.66. The molecule has 0 aliphatic heterocycles. The van der Waals surface area contributed by atoms with Gasteiger partial charge >= 0.3 is 0 Å². The van der Waals surface area contributed by atoms with Gasteiger partial charge in [-0.2, -0.15) is 0 Å². The van der Waals surface area contributed by atoms with Crippen molar-refractivity contribution in [2.75, 3.05) is 13.2 Å². The molecule has 0 radical (unpaired) electrons. The molecule has 1 unspecified atom stereocenters. The number of nitrogens with two attached hydrogens (primary N) is 1. The fourth-order valence-electron chi connectivity index (χ4n) is 1.15. The maximum atomic E-state index is 11.4. The summed E-state index contributed by atoms with van der Waals surface area (Å²) in [6.45, 7) is 4.99. The maximum Gasteiger partial charge on any atom is 0.222 e. The fourth-order valence-corrected chi connectivity index (χ4v) is 1.35. The number of hydrogen-bond acceptors (Lipinski definition) is 3. The SMILES string of the molecule is CCOCCC(=O)NC(CC)CC(N)=S. The van der Waals surface area contributed by atoms with Gasteiger partial charge in [0.25, 0.3) is 0 Å². The smallest absolute Gasteiger partial charge is 0.222 e. The molecule has 88 valence electrons. The Labute approximate surface area is 96.5 Å². The summed E-state index contributed by atoms with van der Waals surface area (Å²) in [5.74, 6) is -0.00782. The highest BCUT2D eigenvalue weighted by molar-refractivity contribution is 7.80. The lowest BCUT2D eigenvalue weighted by Crippen LogP contribution is -2.37. The van der Waals surface area contributed by atoms with Crippen LogP contribution in [0, 0.1) is 0 Å². The molecule has 0 fully saturated rings. The first kappa shape index (κ1) is 14.3. The first-order valence-electron chi connectivity index (χ1n) is 5.25. The molecule has 5 heteroatoms. The summed E-state index contributed by atoms with van der Waals surface area (Å²) in [4.78, 5) is 11.8. The van der Waals surface area contributed by atoms with Crippen LogP contribution in [0.25, 0.3) is 0 Å². The van der Waals surface area contributed by atoms with Crippen LogP contribution in [0.4, 0.5) is 0 Å². The minimum absolute atomic E-state index is 0.00782. The van der Waals surface area contributed by atoms with Crippen LogP contribution in [0.5, 0.6) is 0 Å². The van der Waals surface area contributed by atoms with Gasteiger partial charge in [-0.3, -0.25) is 4.79 Å². The summed E-state index contributed by atoms with van der Waals surface area (Å²) >= 11 is 4.80. The van der Waals surface area contributed by atoms with Gasteiger partial charge in [-0.1, -0.05) is 19.1 Å². The Morgan fingerprint density at radius 2 is 2.20 bits per heavy atom. The molecule has 0 aliphatic rings. The third-order valence-electron chi connectivity index (χ3n) is 1.98. The number of ether oxygens (including phenoxy) is 1. The highest BCUT2D eigenvalue weighted by atomic mass is 32.1. The molecule has 1 amide bonds. The summed E-state index contributed by atoms with van der Waals surface area (Å²) in [5.41, 5.74) is 5.42. The van der Waals surface area contributed by atoms with Crippen LogP contribution >= 0.6 is 12.2 Å². The fraction of sp³-hybridized carbons (Fsp3) is 0.800. The average Bonchev–Trinajstić information content (AvgIpc) is 2.16. The normalized spacial score (nSPS) is 12.1. The topological polar surface area (TPSA) is 64.3 Å². The van der Waals surface area contributed by atoms with Gasteiger partial charge < -0.3 is 15.8 Å². The third kappa shape index (κ3) is 8.32. The van der Waals surface area contributed by atoms with Crippen molar-refractivity contribution < 1.29 is 9.53 Å². The van der Waals surface area contributed by atoms with Crippen molar-refractivity contribution in [3.8, 4) is 0 Å². The zero-order valence-electron chi connectivity index (χ0n) is 9.41. The second kappa shape index (κ2) is 8.61. The summed E-state index contributed by atoms with van der Waals surface area (Å²) in [6.07, 6.45) is 1.78. The van der Waals surface area contributed by atoms with E-state index in [-0.39, 0.29) is 11.9 Å². The van der Waals surface area contributed by atoms with E-state index < -0.39 is 0 Å². The van der Waals surface area contributed by atoms with Gasteiger partial charge in [0.05, 0.1) is 11.6 Å². The molecule has 0 aromatic rings. The van der Waals surface area contributed by atoms with Crippen molar-refractivity contribution in [3.63, 3.8) is 0 Å². The van der Waals surface area contributed by atoms with Gasteiger partial charge in [0.1, 0.15) is 0 Å². The molecule has 0 bridgehead atoms. The minimum Gasteiger partial charge on any atom is -0.393 e. The van der Waals surface area contributed by atoms with Gasteiger partial charge in [0.15, 0.2) is 0 Å². The second-order valence-corrected chi connectivity index (χ2v) is 3.81. The van der Waals surface area contributed by atoms with Crippen molar-refractivity contribution in [2.45, 2.75) is 39.2 Å². The number of carbonyl (C=O) groups is 1. The predicted molar refractivity (Wildman–Crippen MR) is 64.7 cm³/mol. The van der Waals surface area contributed by atoms with Crippen molar-refractivity contribution in [2.24, 2.45) is 5.73 Å². The first-order chi connectivity index (χ1) is 7.10. The molecule has 0 saturated carbocycles. The zero-order valence-corrected chi connectivity index (χ0v) is 10.2. The Bertz CT molecular complexity index is 210. The minimum atomic E-state index is -0.00782. The van der Waals surface area contributed by atoms with Crippen LogP contribution in [0.3, 0.4) is 0 Å². The Kier molecular flexibility index (Phi) is 8.22. The van der Waals surface area contributed by atoms with Gasteiger partial charge in [0, 0.05) is 25.5 Å². The number of hydrogen-bond donors (Lipinski definition) is 2. The standard InChI is InChI=1S/C10H20N2O2S/c1-3-8(7-9(11)15)12-10(13)5-6-14-4-2/h8H,3-7H2,1-2H3,(H2,11,15)(H,12,13). The summed E-state index contributed by atoms with van der Waals surface area (Å²) in [7, 11) is 0. The molecular formula is C10H20N2O2S. The highest BCUT2D eigenvalue weighted by Gasteiger charge is 2.10. The number of amides is 1. The molecule has 0 spiro atoms. The average molecular weight is 232 g/mol. The highest BCUT2D eigenvalue weighted by Crippen LogP contribution is 1.98. The third-order valence-corrected chi connectivity index (χ3v) is 2.15. The van der Waals surface area contributed by atoms with Gasteiger partial charge in [0.2, 0.25) is 5.91 Å². The molecule has 4 nitrogen and oxygen atoms in total. The zero-order chi connectivity index (χ0) is 11.7. The molecule has 0 aromatic carbocycles. The van der Waals surface area contributed by atoms with Crippen molar-refractivity contribution in [1.82, 2.24) is 5.32 Å². The number of rotatable bonds is 8. The summed E-state index contributed by atoms with van der Waals surface area (Å²) in [6, 6.07) is 0.0524. The molecule has 3 N–H and O–H groups in total. The van der Waals surface area contributed by atoms with Crippen LogP contribution in [-0.2, 0) is 9.53 Å². The number of nitrogens with one attached hydrogen (secondary N) is 1. The molecule has 0 saturated heterocycles. The Morgan fingerprint density at radius 3 is 2.67 bits per heavy atom. The van der Waals surface area contributed by atoms with E-state index in [1.54, 1.807) is 0 Å². The number of carbonyl (C=O) groups excluding carboxylic acids is 1. The molecule has 0 aliphatic carbocycles. The van der Waals surface area contributed by atoms with E-state index in [0.29, 0.717) is 31.0 Å². The Morgan fingerprint density at radius 1 is 1.53 bits per heavy atom. The monoisotopic (exact) mass is 232 g/mol. The molecule has 1 atom stereocenters. The van der Waals surface area contributed by atoms with Crippen LogP contribution < -0.4 is 11.1 Å². The van der Waals surface area contributed by atoms with Crippen LogP contribution in [0.15, 0.2) is 0 Å². The van der Waals surface area contributed by atoms with Crippen LogP contribution in [-0.4, -0.2) is 30.2 Å². The van der Waals surface area contributed by atoms with E-state index in [1.807, 2.05) is 13.8 Å². The van der Waals surface area contributed by atoms with Crippen molar-refractivity contribution in [1.29, 1.82) is 0 Å². The van der Waals surface area contributed by atoms with E-state index in [2.05, 4.69) is 5.32 Å². The van der Waals surface area contributed by atoms with E-state index >= 15 is 0 Å². The quantitative estimate of drug-likeness (QED) is 0.484. The van der Waals surface area contributed by atoms with E-state index in [9.17, 15) is 4.79 Å². The lowest BCUT2D eigenvalue weighted by molar-refractivity contribution is -0.122. The van der Waals surface area contributed by atoms with E-state index in [1.165, 1.54) is 0 Å². The molecule has 0 aromatic heterocycles. The Hall–Kier alpha value is -0.680. The molecular weight excluding hydrogens is 212 g/mol. The molecule has 0 heterocycles. The second-order valence-electron chi connectivity index (χ2n) is 3.29. The van der Waals surface area contributed by atoms with Gasteiger partial charge in [-0.05, 0) is 13.3 Å². The maximum absolute atomic E-state index is 11.4. The molecule has 15 heavy (non-hydrogen) atoms. The van der Waals surface area contributed by atoms with E-state index in [4.69, 9.17) is 22.7 Å². The predicted octanol–water partition coefficient (Wildman–Crippen LogP) is 0.984. The summed E-state index contributed by atoms with van der Waals surface area (Å²) in [5, 5.41) is 2.87. The number of thiocarbonyl (C=S) groups is 1. The van der Waals surface area contributed by atoms with Crippen molar-refractivity contribution in [3.05, 3.63) is 0 Å². The largest absolute Gasteiger partial charge is 0.393 e. The van der Waals surface area contributed by atoms with Gasteiger partial charge in [-0.15, -0.1) is 0 Å². The lowest BCUT2D eigenvalue weighted by atomic mass is 10.1. The Balaban J connectivity index is 3.75.